The van der Waals surface area contributed by atoms with Crippen molar-refractivity contribution >= 4 is 11.9 Å². The molecule has 1 aliphatic rings. The van der Waals surface area contributed by atoms with Crippen molar-refractivity contribution in [1.29, 1.82) is 0 Å². The van der Waals surface area contributed by atoms with Gasteiger partial charge in [-0.1, -0.05) is 31.2 Å². The highest BCUT2D eigenvalue weighted by Crippen LogP contribution is 2.28. The minimum atomic E-state index is -0.803. The lowest BCUT2D eigenvalue weighted by Crippen LogP contribution is -2.49. The number of carbonyl (C=O) groups is 2. The average Bonchev–Trinajstić information content (AvgIpc) is 2.54. The van der Waals surface area contributed by atoms with Gasteiger partial charge in [-0.15, -0.1) is 0 Å². The van der Waals surface area contributed by atoms with Crippen molar-refractivity contribution in [3.63, 3.8) is 0 Å². The van der Waals surface area contributed by atoms with E-state index in [4.69, 9.17) is 0 Å². The molecule has 0 saturated carbocycles. The first-order valence-electron chi connectivity index (χ1n) is 7.98. The van der Waals surface area contributed by atoms with E-state index < -0.39 is 17.3 Å². The molecule has 1 fully saturated rings. The molecule has 120 valence electrons. The second kappa shape index (κ2) is 6.51. The van der Waals surface area contributed by atoms with E-state index in [0.717, 1.165) is 18.4 Å². The maximum absolute atomic E-state index is 12.9. The van der Waals surface area contributed by atoms with E-state index in [1.165, 1.54) is 5.56 Å². The van der Waals surface area contributed by atoms with Gasteiger partial charge in [0.1, 0.15) is 0 Å². The molecule has 0 radical (unpaired) electrons. The Bertz CT molecular complexity index is 548. The molecule has 1 aromatic carbocycles. The quantitative estimate of drug-likeness (QED) is 0.930. The Labute approximate surface area is 132 Å². The lowest BCUT2D eigenvalue weighted by molar-refractivity contribution is -0.147. The van der Waals surface area contributed by atoms with Gasteiger partial charge in [0, 0.05) is 13.1 Å². The first-order chi connectivity index (χ1) is 10.4. The van der Waals surface area contributed by atoms with Crippen LogP contribution in [0, 0.1) is 5.92 Å². The van der Waals surface area contributed by atoms with Crippen LogP contribution in [0.1, 0.15) is 44.7 Å². The molecular weight excluding hydrogens is 278 g/mol. The van der Waals surface area contributed by atoms with Crippen LogP contribution in [0.25, 0.3) is 0 Å². The van der Waals surface area contributed by atoms with Crippen LogP contribution in [0.2, 0.25) is 0 Å². The Kier molecular flexibility index (Phi) is 4.89. The number of benzene rings is 1. The number of piperidine rings is 1. The summed E-state index contributed by atoms with van der Waals surface area (Å²) in [5.74, 6) is -1.22. The number of carbonyl (C=O) groups excluding carboxylic acids is 1. The highest BCUT2D eigenvalue weighted by atomic mass is 16.4. The Balaban J connectivity index is 2.16. The molecule has 2 rings (SSSR count). The predicted molar refractivity (Wildman–Crippen MR) is 85.8 cm³/mol. The van der Waals surface area contributed by atoms with Gasteiger partial charge in [0.05, 0.1) is 11.3 Å². The summed E-state index contributed by atoms with van der Waals surface area (Å²) in [4.78, 5) is 25.8. The monoisotopic (exact) mass is 303 g/mol. The molecule has 1 saturated heterocycles. The van der Waals surface area contributed by atoms with Crippen molar-refractivity contribution in [2.75, 3.05) is 13.1 Å². The van der Waals surface area contributed by atoms with Crippen molar-refractivity contribution in [2.45, 2.75) is 45.4 Å². The number of aryl methyl sites for hydroxylation is 1. The third-order valence-electron chi connectivity index (χ3n) is 4.68. The normalized spacial score (nSPS) is 19.0. The Morgan fingerprint density at radius 2 is 1.91 bits per heavy atom. The molecule has 1 atom stereocenters. The Morgan fingerprint density at radius 1 is 1.27 bits per heavy atom. The van der Waals surface area contributed by atoms with E-state index in [2.05, 4.69) is 19.1 Å². The summed E-state index contributed by atoms with van der Waals surface area (Å²) in [5.41, 5.74) is 1.59. The molecule has 22 heavy (non-hydrogen) atoms. The van der Waals surface area contributed by atoms with Gasteiger partial charge in [0.25, 0.3) is 0 Å². The van der Waals surface area contributed by atoms with E-state index in [0.29, 0.717) is 19.5 Å². The van der Waals surface area contributed by atoms with Crippen molar-refractivity contribution in [3.05, 3.63) is 35.4 Å². The molecule has 0 aliphatic carbocycles. The van der Waals surface area contributed by atoms with Gasteiger partial charge in [-0.05, 0) is 44.2 Å². The number of rotatable bonds is 4. The summed E-state index contributed by atoms with van der Waals surface area (Å²) in [6.07, 6.45) is 2.39. The predicted octanol–water partition coefficient (Wildman–Crippen LogP) is 2.85. The summed E-state index contributed by atoms with van der Waals surface area (Å²) in [5, 5.41) is 9.18. The molecule has 1 heterocycles. The highest BCUT2D eigenvalue weighted by Gasteiger charge is 2.37. The molecule has 1 N–H and O–H groups in total. The van der Waals surface area contributed by atoms with Gasteiger partial charge in [-0.25, -0.2) is 0 Å². The van der Waals surface area contributed by atoms with Gasteiger partial charge in [-0.3, -0.25) is 9.59 Å². The van der Waals surface area contributed by atoms with E-state index >= 15 is 0 Å². The number of nitrogens with zero attached hydrogens (tertiary/aromatic N) is 1. The summed E-state index contributed by atoms with van der Waals surface area (Å²) < 4.78 is 0. The molecule has 0 spiro atoms. The molecule has 4 nitrogen and oxygen atoms in total. The second-order valence-electron chi connectivity index (χ2n) is 6.60. The molecule has 1 unspecified atom stereocenters. The number of carboxylic acids is 1. The largest absolute Gasteiger partial charge is 0.481 e. The summed E-state index contributed by atoms with van der Waals surface area (Å²) in [7, 11) is 0. The Morgan fingerprint density at radius 3 is 2.45 bits per heavy atom. The number of likely N-dealkylation sites (tertiary alicyclic amines) is 1. The minimum Gasteiger partial charge on any atom is -0.481 e. The van der Waals surface area contributed by atoms with Crippen molar-refractivity contribution in [2.24, 2.45) is 5.92 Å². The minimum absolute atomic E-state index is 0.0164. The number of carboxylic acid groups (broad SMARTS) is 1. The molecule has 0 aromatic heterocycles. The molecule has 4 heteroatoms. The topological polar surface area (TPSA) is 57.6 Å². The zero-order valence-corrected chi connectivity index (χ0v) is 13.6. The lowest BCUT2D eigenvalue weighted by atomic mass is 9.82. The zero-order chi connectivity index (χ0) is 16.3. The Hall–Kier alpha value is -1.84. The van der Waals surface area contributed by atoms with Crippen LogP contribution in [-0.2, 0) is 21.4 Å². The average molecular weight is 303 g/mol. The van der Waals surface area contributed by atoms with E-state index in [-0.39, 0.29) is 5.91 Å². The fourth-order valence-electron chi connectivity index (χ4n) is 3.04. The van der Waals surface area contributed by atoms with Crippen LogP contribution >= 0.6 is 0 Å². The third kappa shape index (κ3) is 3.32. The SMILES string of the molecule is CCc1ccc(C(C)(C)C(=O)N2CCCC(C(=O)O)C2)cc1. The zero-order valence-electron chi connectivity index (χ0n) is 13.6. The fourth-order valence-corrected chi connectivity index (χ4v) is 3.04. The van der Waals surface area contributed by atoms with Gasteiger partial charge in [0.15, 0.2) is 0 Å². The van der Waals surface area contributed by atoms with Crippen LogP contribution in [0.3, 0.4) is 0 Å². The maximum Gasteiger partial charge on any atom is 0.308 e. The summed E-state index contributed by atoms with van der Waals surface area (Å²) in [6.45, 7) is 6.91. The van der Waals surface area contributed by atoms with Crippen LogP contribution in [0.4, 0.5) is 0 Å². The van der Waals surface area contributed by atoms with E-state index in [9.17, 15) is 14.7 Å². The fraction of sp³-hybridized carbons (Fsp3) is 0.556. The summed E-state index contributed by atoms with van der Waals surface area (Å²) >= 11 is 0. The first-order valence-corrected chi connectivity index (χ1v) is 7.98. The second-order valence-corrected chi connectivity index (χ2v) is 6.60. The number of hydrogen-bond donors (Lipinski definition) is 1. The van der Waals surface area contributed by atoms with Crippen LogP contribution in [-0.4, -0.2) is 35.0 Å². The van der Waals surface area contributed by atoms with Gasteiger partial charge in [-0.2, -0.15) is 0 Å². The van der Waals surface area contributed by atoms with Gasteiger partial charge in [0.2, 0.25) is 5.91 Å². The van der Waals surface area contributed by atoms with Crippen molar-refractivity contribution < 1.29 is 14.7 Å². The van der Waals surface area contributed by atoms with E-state index in [1.54, 1.807) is 4.90 Å². The third-order valence-corrected chi connectivity index (χ3v) is 4.68. The number of hydrogen-bond acceptors (Lipinski definition) is 2. The van der Waals surface area contributed by atoms with Gasteiger partial charge < -0.3 is 10.0 Å². The molecule has 1 amide bonds. The van der Waals surface area contributed by atoms with Crippen LogP contribution in [0.5, 0.6) is 0 Å². The van der Waals surface area contributed by atoms with Gasteiger partial charge >= 0.3 is 5.97 Å². The molecule has 0 bridgehead atoms. The first kappa shape index (κ1) is 16.5. The highest BCUT2D eigenvalue weighted by molar-refractivity contribution is 5.88. The van der Waals surface area contributed by atoms with Crippen LogP contribution in [0.15, 0.2) is 24.3 Å². The van der Waals surface area contributed by atoms with Crippen molar-refractivity contribution in [1.82, 2.24) is 4.90 Å². The van der Waals surface area contributed by atoms with Crippen LogP contribution < -0.4 is 0 Å². The smallest absolute Gasteiger partial charge is 0.308 e. The van der Waals surface area contributed by atoms with E-state index in [1.807, 2.05) is 26.0 Å². The summed E-state index contributed by atoms with van der Waals surface area (Å²) in [6, 6.07) is 8.13. The lowest BCUT2D eigenvalue weighted by Gasteiger charge is -2.36. The number of amides is 1. The molecule has 1 aliphatic heterocycles. The molecular formula is C18H25NO3. The standard InChI is InChI=1S/C18H25NO3/c1-4-13-7-9-15(10-8-13)18(2,3)17(22)19-11-5-6-14(12-19)16(20)21/h7-10,14H,4-6,11-12H2,1-3H3,(H,20,21). The van der Waals surface area contributed by atoms with Crippen molar-refractivity contribution in [3.8, 4) is 0 Å². The molecule has 1 aromatic rings. The maximum atomic E-state index is 12.9. The number of aliphatic carboxylic acids is 1.